The molecule has 28 heavy (non-hydrogen) atoms. The number of hydrogen-bond acceptors (Lipinski definition) is 5. The topological polar surface area (TPSA) is 92.6 Å². The highest BCUT2D eigenvalue weighted by molar-refractivity contribution is 9.10. The predicted octanol–water partition coefficient (Wildman–Crippen LogP) is 3.22. The van der Waals surface area contributed by atoms with E-state index in [0.29, 0.717) is 17.1 Å². The van der Waals surface area contributed by atoms with Gasteiger partial charge in [0.05, 0.1) is 16.3 Å². The molecule has 3 N–H and O–H groups in total. The predicted molar refractivity (Wildman–Crippen MR) is 112 cm³/mol. The molecule has 9 heteroatoms. The van der Waals surface area contributed by atoms with Crippen molar-refractivity contribution in [3.63, 3.8) is 0 Å². The summed E-state index contributed by atoms with van der Waals surface area (Å²) in [4.78, 5) is 24.0. The number of hydrogen-bond donors (Lipinski definition) is 3. The van der Waals surface area contributed by atoms with E-state index in [9.17, 15) is 9.59 Å². The van der Waals surface area contributed by atoms with Crippen LogP contribution in [0.15, 0.2) is 57.6 Å². The Morgan fingerprint density at radius 2 is 1.93 bits per heavy atom. The van der Waals surface area contributed by atoms with E-state index in [1.165, 1.54) is 12.3 Å². The number of amides is 2. The smallest absolute Gasteiger partial charge is 0.273 e. The minimum Gasteiger partial charge on any atom is -0.483 e. The maximum atomic E-state index is 12.0. The zero-order valence-corrected chi connectivity index (χ0v) is 17.1. The molecular formula is C19H16BrN3O4S. The molecule has 0 aliphatic rings. The lowest BCUT2D eigenvalue weighted by Crippen LogP contribution is -2.49. The number of nitrogens with one attached hydrogen (secondary N) is 3. The van der Waals surface area contributed by atoms with E-state index in [2.05, 4.69) is 32.1 Å². The molecule has 0 unspecified atom stereocenters. The fraction of sp³-hybridized carbons (Fsp3) is 0.105. The number of rotatable bonds is 4. The lowest BCUT2D eigenvalue weighted by atomic mass is 10.1. The standard InChI is InChI=1S/C19H16BrN3O4S/c1-11-13(8-9-26-11)18(25)22-23-19(28)21-16(24)10-27-15-7-6-12-4-2-3-5-14(12)17(15)20/h2-9H,10H2,1H3,(H,22,25)(H2,21,23,24,28). The summed E-state index contributed by atoms with van der Waals surface area (Å²) in [5.41, 5.74) is 5.20. The minimum atomic E-state index is -0.466. The van der Waals surface area contributed by atoms with Crippen LogP contribution in [0.3, 0.4) is 0 Å². The van der Waals surface area contributed by atoms with Gasteiger partial charge in [0.25, 0.3) is 11.8 Å². The summed E-state index contributed by atoms with van der Waals surface area (Å²) < 4.78 is 11.4. The number of ether oxygens (including phenoxy) is 1. The molecule has 7 nitrogen and oxygen atoms in total. The van der Waals surface area contributed by atoms with Gasteiger partial charge in [-0.25, -0.2) is 0 Å². The maximum Gasteiger partial charge on any atom is 0.273 e. The number of hydrazine groups is 1. The highest BCUT2D eigenvalue weighted by atomic mass is 79.9. The fourth-order valence-corrected chi connectivity index (χ4v) is 3.24. The van der Waals surface area contributed by atoms with E-state index < -0.39 is 11.8 Å². The second-order valence-corrected chi connectivity index (χ2v) is 6.94. The molecule has 2 aromatic carbocycles. The first-order valence-electron chi connectivity index (χ1n) is 8.20. The zero-order chi connectivity index (χ0) is 20.1. The number of fused-ring (bicyclic) bond motifs is 1. The number of furan rings is 1. The van der Waals surface area contributed by atoms with Gasteiger partial charge in [0.1, 0.15) is 11.5 Å². The van der Waals surface area contributed by atoms with Crippen molar-refractivity contribution in [2.45, 2.75) is 6.92 Å². The molecule has 0 aliphatic carbocycles. The van der Waals surface area contributed by atoms with Crippen LogP contribution in [0.5, 0.6) is 5.75 Å². The minimum absolute atomic E-state index is 0.0549. The molecule has 0 bridgehead atoms. The zero-order valence-electron chi connectivity index (χ0n) is 14.7. The van der Waals surface area contributed by atoms with Gasteiger partial charge in [-0.2, -0.15) is 0 Å². The van der Waals surface area contributed by atoms with Gasteiger partial charge < -0.3 is 9.15 Å². The van der Waals surface area contributed by atoms with Crippen LogP contribution in [0.4, 0.5) is 0 Å². The van der Waals surface area contributed by atoms with Crippen LogP contribution in [0.25, 0.3) is 10.8 Å². The number of thiocarbonyl (C=S) groups is 1. The normalized spacial score (nSPS) is 10.4. The molecule has 3 rings (SSSR count). The van der Waals surface area contributed by atoms with Gasteiger partial charge in [0.2, 0.25) is 0 Å². The van der Waals surface area contributed by atoms with E-state index >= 15 is 0 Å². The van der Waals surface area contributed by atoms with Crippen LogP contribution >= 0.6 is 28.1 Å². The maximum absolute atomic E-state index is 12.0. The molecule has 2 amide bonds. The third-order valence-corrected chi connectivity index (χ3v) is 4.85. The van der Waals surface area contributed by atoms with Crippen LogP contribution < -0.4 is 20.9 Å². The van der Waals surface area contributed by atoms with Crippen molar-refractivity contribution in [3.8, 4) is 5.75 Å². The molecule has 0 aliphatic heterocycles. The van der Waals surface area contributed by atoms with Gasteiger partial charge in [-0.1, -0.05) is 30.3 Å². The Labute approximate surface area is 174 Å². The number of carbonyl (C=O) groups excluding carboxylic acids is 2. The molecule has 0 saturated heterocycles. The van der Waals surface area contributed by atoms with Gasteiger partial charge >= 0.3 is 0 Å². The summed E-state index contributed by atoms with van der Waals surface area (Å²) in [7, 11) is 0. The summed E-state index contributed by atoms with van der Waals surface area (Å²) in [6.45, 7) is 1.42. The Bertz CT molecular complexity index is 1050. The van der Waals surface area contributed by atoms with Crippen LogP contribution in [0.2, 0.25) is 0 Å². The first kappa shape index (κ1) is 19.8. The van der Waals surface area contributed by atoms with Gasteiger partial charge in [0, 0.05) is 0 Å². The Hall–Kier alpha value is -2.91. The molecule has 0 fully saturated rings. The van der Waals surface area contributed by atoms with E-state index in [4.69, 9.17) is 21.4 Å². The Morgan fingerprint density at radius 1 is 1.14 bits per heavy atom. The monoisotopic (exact) mass is 461 g/mol. The van der Waals surface area contributed by atoms with Crippen LogP contribution in [-0.4, -0.2) is 23.5 Å². The van der Waals surface area contributed by atoms with Crippen molar-refractivity contribution in [3.05, 3.63) is 64.5 Å². The third-order valence-electron chi connectivity index (χ3n) is 3.83. The molecule has 0 saturated carbocycles. The van der Waals surface area contributed by atoms with E-state index in [0.717, 1.165) is 15.2 Å². The van der Waals surface area contributed by atoms with Crippen molar-refractivity contribution >= 4 is 55.8 Å². The molecule has 0 spiro atoms. The second kappa shape index (κ2) is 8.85. The second-order valence-electron chi connectivity index (χ2n) is 5.73. The van der Waals surface area contributed by atoms with Crippen molar-refractivity contribution in [1.29, 1.82) is 0 Å². The number of aryl methyl sites for hydroxylation is 1. The van der Waals surface area contributed by atoms with Crippen molar-refractivity contribution in [2.75, 3.05) is 6.61 Å². The quantitative estimate of drug-likeness (QED) is 0.408. The number of halogens is 1. The number of carbonyl (C=O) groups is 2. The molecule has 3 aromatic rings. The Kier molecular flexibility index (Phi) is 6.27. The molecule has 1 aromatic heterocycles. The molecule has 144 valence electrons. The van der Waals surface area contributed by atoms with E-state index in [1.807, 2.05) is 30.3 Å². The SMILES string of the molecule is Cc1occc1C(=O)NNC(=S)NC(=O)COc1ccc2ccccc2c1Br. The first-order chi connectivity index (χ1) is 13.5. The van der Waals surface area contributed by atoms with Gasteiger partial charge in [-0.15, -0.1) is 0 Å². The van der Waals surface area contributed by atoms with Gasteiger partial charge in [-0.3, -0.25) is 25.8 Å². The lowest BCUT2D eigenvalue weighted by molar-refractivity contribution is -0.121. The average Bonchev–Trinajstić information content (AvgIpc) is 3.12. The largest absolute Gasteiger partial charge is 0.483 e. The van der Waals surface area contributed by atoms with Crippen molar-refractivity contribution in [1.82, 2.24) is 16.2 Å². The first-order valence-corrected chi connectivity index (χ1v) is 9.40. The molecular weight excluding hydrogens is 446 g/mol. The molecule has 0 atom stereocenters. The average molecular weight is 462 g/mol. The third kappa shape index (κ3) is 4.68. The summed E-state index contributed by atoms with van der Waals surface area (Å²) in [5, 5.41) is 4.41. The summed E-state index contributed by atoms with van der Waals surface area (Å²) in [6, 6.07) is 13.0. The summed E-state index contributed by atoms with van der Waals surface area (Å²) >= 11 is 8.48. The highest BCUT2D eigenvalue weighted by Crippen LogP contribution is 2.32. The van der Waals surface area contributed by atoms with E-state index in [1.54, 1.807) is 13.0 Å². The van der Waals surface area contributed by atoms with E-state index in [-0.39, 0.29) is 11.7 Å². The summed E-state index contributed by atoms with van der Waals surface area (Å²) in [6.07, 6.45) is 1.41. The molecule has 0 radical (unpaired) electrons. The Morgan fingerprint density at radius 3 is 2.68 bits per heavy atom. The fourth-order valence-electron chi connectivity index (χ4n) is 2.46. The van der Waals surface area contributed by atoms with Gasteiger partial charge in [-0.05, 0) is 58.0 Å². The van der Waals surface area contributed by atoms with Crippen molar-refractivity contribution in [2.24, 2.45) is 0 Å². The Balaban J connectivity index is 1.49. The van der Waals surface area contributed by atoms with Gasteiger partial charge in [0.15, 0.2) is 11.7 Å². The van der Waals surface area contributed by atoms with Crippen LogP contribution in [-0.2, 0) is 4.79 Å². The lowest BCUT2D eigenvalue weighted by Gasteiger charge is -2.12. The molecule has 1 heterocycles. The van der Waals surface area contributed by atoms with Crippen molar-refractivity contribution < 1.29 is 18.7 Å². The summed E-state index contributed by atoms with van der Waals surface area (Å²) in [5.74, 6) is 0.116. The van der Waals surface area contributed by atoms with Crippen LogP contribution in [0.1, 0.15) is 16.1 Å². The number of benzene rings is 2. The van der Waals surface area contributed by atoms with Crippen LogP contribution in [0, 0.1) is 6.92 Å². The highest BCUT2D eigenvalue weighted by Gasteiger charge is 2.13.